The average Bonchev–Trinajstić information content (AvgIpc) is 3.47. The van der Waals surface area contributed by atoms with Crippen LogP contribution in [0.3, 0.4) is 0 Å². The molecule has 0 bridgehead atoms. The lowest BCUT2D eigenvalue weighted by molar-refractivity contribution is 0.661. The number of hydrogen-bond acceptors (Lipinski definition) is 4. The van der Waals surface area contributed by atoms with Crippen molar-refractivity contribution in [3.63, 3.8) is 0 Å². The van der Waals surface area contributed by atoms with E-state index in [0.717, 1.165) is 22.3 Å². The van der Waals surface area contributed by atoms with E-state index in [9.17, 15) is 0 Å². The number of benzene rings is 5. The van der Waals surface area contributed by atoms with Crippen molar-refractivity contribution in [2.45, 2.75) is 19.6 Å². The first-order chi connectivity index (χ1) is 17.3. The Kier molecular flexibility index (Phi) is 3.52. The Labute approximate surface area is 209 Å². The summed E-state index contributed by atoms with van der Waals surface area (Å²) in [5.74, 6) is 0. The van der Waals surface area contributed by atoms with E-state index in [-0.39, 0.29) is 6.71 Å². The highest BCUT2D eigenvalue weighted by Gasteiger charge is 2.40. The molecule has 0 atom stereocenters. The molecule has 162 valence electrons. The van der Waals surface area contributed by atoms with Crippen LogP contribution in [0.25, 0.3) is 43.9 Å². The summed E-state index contributed by atoms with van der Waals surface area (Å²) in [6, 6.07) is 32.5. The molecule has 0 N–H and O–H groups in total. The standard InChI is InChI=1S/C30H15BO2S2/c1-3-8-22-16(6-1)18-12-14-20-29(27(18)32-22)34-24-10-5-11-25-26(24)31(20)21-15-13-19-17-7-2-4-9-23(17)33-28(19)30(21)35-25/h1-15H. The van der Waals surface area contributed by atoms with Crippen molar-refractivity contribution in [3.8, 4) is 0 Å². The van der Waals surface area contributed by atoms with E-state index in [1.807, 2.05) is 35.7 Å². The highest BCUT2D eigenvalue weighted by Crippen LogP contribution is 2.44. The molecule has 4 heterocycles. The van der Waals surface area contributed by atoms with E-state index in [1.165, 1.54) is 57.5 Å². The fourth-order valence-electron chi connectivity index (χ4n) is 5.91. The van der Waals surface area contributed by atoms with Crippen molar-refractivity contribution < 1.29 is 8.83 Å². The van der Waals surface area contributed by atoms with E-state index >= 15 is 0 Å². The van der Waals surface area contributed by atoms with E-state index in [1.54, 1.807) is 0 Å². The zero-order chi connectivity index (χ0) is 22.7. The van der Waals surface area contributed by atoms with Crippen LogP contribution >= 0.6 is 23.5 Å². The largest absolute Gasteiger partial charge is 0.455 e. The van der Waals surface area contributed by atoms with Gasteiger partial charge in [0.05, 0.1) is 9.79 Å². The first-order valence-electron chi connectivity index (χ1n) is 11.7. The second kappa shape index (κ2) is 6.57. The zero-order valence-corrected chi connectivity index (χ0v) is 20.0. The Hall–Kier alpha value is -3.54. The van der Waals surface area contributed by atoms with Gasteiger partial charge < -0.3 is 8.83 Å². The molecule has 0 aliphatic carbocycles. The maximum Gasteiger partial charge on any atom is 0.247 e. The van der Waals surface area contributed by atoms with Crippen LogP contribution in [0.15, 0.2) is 119 Å². The molecule has 2 aliphatic heterocycles. The van der Waals surface area contributed by atoms with Crippen molar-refractivity contribution in [1.29, 1.82) is 0 Å². The Balaban J connectivity index is 1.39. The summed E-state index contributed by atoms with van der Waals surface area (Å²) in [5.41, 5.74) is 7.92. The highest BCUT2D eigenvalue weighted by molar-refractivity contribution is 8.01. The van der Waals surface area contributed by atoms with Gasteiger partial charge in [0.2, 0.25) is 6.71 Å². The minimum Gasteiger partial charge on any atom is -0.455 e. The number of rotatable bonds is 0. The number of furan rings is 2. The topological polar surface area (TPSA) is 26.3 Å². The lowest BCUT2D eigenvalue weighted by atomic mass is 9.36. The average molecular weight is 482 g/mol. The lowest BCUT2D eigenvalue weighted by Gasteiger charge is -2.32. The van der Waals surface area contributed by atoms with E-state index in [0.29, 0.717) is 0 Å². The molecule has 0 saturated heterocycles. The summed E-state index contributed by atoms with van der Waals surface area (Å²) >= 11 is 3.69. The molecule has 9 rings (SSSR count). The molecule has 0 unspecified atom stereocenters. The van der Waals surface area contributed by atoms with Crippen LogP contribution < -0.4 is 16.4 Å². The van der Waals surface area contributed by atoms with Crippen molar-refractivity contribution in [2.24, 2.45) is 0 Å². The number of para-hydroxylation sites is 2. The molecule has 2 nitrogen and oxygen atoms in total. The maximum absolute atomic E-state index is 6.46. The number of fused-ring (bicyclic) bond motifs is 12. The summed E-state index contributed by atoms with van der Waals surface area (Å²) in [7, 11) is 0. The summed E-state index contributed by atoms with van der Waals surface area (Å²) in [5, 5.41) is 4.72. The number of hydrogen-bond donors (Lipinski definition) is 0. The molecule has 2 aromatic heterocycles. The summed E-state index contributed by atoms with van der Waals surface area (Å²) in [6.45, 7) is 0.156. The van der Waals surface area contributed by atoms with Gasteiger partial charge in [-0.2, -0.15) is 0 Å². The van der Waals surface area contributed by atoms with Gasteiger partial charge in [0, 0.05) is 31.3 Å². The Morgan fingerprint density at radius 2 is 1.00 bits per heavy atom. The molecular weight excluding hydrogens is 467 g/mol. The summed E-state index contributed by atoms with van der Waals surface area (Å²) < 4.78 is 12.9. The van der Waals surface area contributed by atoms with Crippen LogP contribution in [0.2, 0.25) is 0 Å². The van der Waals surface area contributed by atoms with Gasteiger partial charge in [-0.3, -0.25) is 0 Å². The van der Waals surface area contributed by atoms with E-state index in [4.69, 9.17) is 8.83 Å². The molecular formula is C30H15BO2S2. The minimum atomic E-state index is 0.156. The van der Waals surface area contributed by atoms with Crippen LogP contribution in [0.4, 0.5) is 0 Å². The van der Waals surface area contributed by atoms with E-state index in [2.05, 4.69) is 78.9 Å². The lowest BCUT2D eigenvalue weighted by Crippen LogP contribution is -2.58. The normalized spacial score (nSPS) is 14.0. The van der Waals surface area contributed by atoms with Gasteiger partial charge >= 0.3 is 0 Å². The Morgan fingerprint density at radius 3 is 1.54 bits per heavy atom. The first-order valence-corrected chi connectivity index (χ1v) is 13.4. The van der Waals surface area contributed by atoms with Gasteiger partial charge in [-0.25, -0.2) is 0 Å². The summed E-state index contributed by atoms with van der Waals surface area (Å²) in [6.07, 6.45) is 0. The molecule has 5 heteroatoms. The van der Waals surface area contributed by atoms with E-state index < -0.39 is 0 Å². The smallest absolute Gasteiger partial charge is 0.247 e. The van der Waals surface area contributed by atoms with Crippen LogP contribution in [-0.4, -0.2) is 6.71 Å². The third kappa shape index (κ3) is 2.35. The van der Waals surface area contributed by atoms with Crippen LogP contribution in [0.1, 0.15) is 0 Å². The highest BCUT2D eigenvalue weighted by atomic mass is 32.2. The second-order valence-electron chi connectivity index (χ2n) is 9.22. The predicted octanol–water partition coefficient (Wildman–Crippen LogP) is 6.93. The molecule has 0 fully saturated rings. The fourth-order valence-corrected chi connectivity index (χ4v) is 8.48. The predicted molar refractivity (Wildman–Crippen MR) is 147 cm³/mol. The second-order valence-corrected chi connectivity index (χ2v) is 11.3. The van der Waals surface area contributed by atoms with Crippen molar-refractivity contribution in [3.05, 3.63) is 91.0 Å². The minimum absolute atomic E-state index is 0.156. The molecule has 0 spiro atoms. The van der Waals surface area contributed by atoms with Gasteiger partial charge in [-0.1, -0.05) is 101 Å². The molecule has 0 saturated carbocycles. The van der Waals surface area contributed by atoms with Crippen molar-refractivity contribution >= 4 is 90.5 Å². The van der Waals surface area contributed by atoms with Gasteiger partial charge in [0.25, 0.3) is 0 Å². The SMILES string of the molecule is c1cc2c3c(c1)Sc1c(ccc4c1oc1ccccc14)B3c1ccc3c(oc4ccccc43)c1S2. The molecule has 2 aliphatic rings. The third-order valence-electron chi connectivity index (χ3n) is 7.42. The zero-order valence-electron chi connectivity index (χ0n) is 18.4. The van der Waals surface area contributed by atoms with Crippen molar-refractivity contribution in [2.75, 3.05) is 0 Å². The van der Waals surface area contributed by atoms with Gasteiger partial charge in [0.15, 0.2) is 0 Å². The summed E-state index contributed by atoms with van der Waals surface area (Å²) in [4.78, 5) is 5.10. The Morgan fingerprint density at radius 1 is 0.486 bits per heavy atom. The fraction of sp³-hybridized carbons (Fsp3) is 0. The third-order valence-corrected chi connectivity index (χ3v) is 9.83. The first kappa shape index (κ1) is 18.8. The van der Waals surface area contributed by atoms with Crippen LogP contribution in [-0.2, 0) is 0 Å². The molecule has 35 heavy (non-hydrogen) atoms. The van der Waals surface area contributed by atoms with Crippen LogP contribution in [0.5, 0.6) is 0 Å². The van der Waals surface area contributed by atoms with Gasteiger partial charge in [0.1, 0.15) is 22.3 Å². The van der Waals surface area contributed by atoms with Gasteiger partial charge in [-0.05, 0) is 29.7 Å². The van der Waals surface area contributed by atoms with Gasteiger partial charge in [-0.15, -0.1) is 0 Å². The maximum atomic E-state index is 6.46. The monoisotopic (exact) mass is 482 g/mol. The Bertz CT molecular complexity index is 1890. The molecule has 0 amide bonds. The van der Waals surface area contributed by atoms with Crippen LogP contribution in [0, 0.1) is 0 Å². The quantitative estimate of drug-likeness (QED) is 0.219. The van der Waals surface area contributed by atoms with Crippen molar-refractivity contribution in [1.82, 2.24) is 0 Å². The molecule has 0 radical (unpaired) electrons. The molecule has 5 aromatic carbocycles. The molecule has 7 aromatic rings.